The van der Waals surface area contributed by atoms with E-state index in [-0.39, 0.29) is 37.5 Å². The molecule has 0 amide bonds. The lowest BCUT2D eigenvalue weighted by atomic mass is 10.0. The van der Waals surface area contributed by atoms with E-state index in [0.717, 1.165) is 109 Å². The van der Waals surface area contributed by atoms with E-state index in [1.165, 1.54) is 148 Å². The first kappa shape index (κ1) is 73.1. The van der Waals surface area contributed by atoms with Crippen molar-refractivity contribution in [1.82, 2.24) is 0 Å². The van der Waals surface area contributed by atoms with Gasteiger partial charge in [0.15, 0.2) is 6.10 Å². The number of hydrogen-bond acceptors (Lipinski definition) is 6. The Hall–Kier alpha value is -3.93. The van der Waals surface area contributed by atoms with Crippen molar-refractivity contribution in [3.8, 4) is 0 Å². The lowest BCUT2D eigenvalue weighted by Crippen LogP contribution is -2.30. The average Bonchev–Trinajstić information content (AvgIpc) is 3.43. The quantitative estimate of drug-likeness (QED) is 0.0261. The topological polar surface area (TPSA) is 78.9 Å². The van der Waals surface area contributed by atoms with Gasteiger partial charge in [-0.1, -0.05) is 265 Å². The van der Waals surface area contributed by atoms with E-state index in [4.69, 9.17) is 14.2 Å². The highest BCUT2D eigenvalue weighted by Crippen LogP contribution is 2.15. The van der Waals surface area contributed by atoms with E-state index in [1.807, 2.05) is 0 Å². The Bertz CT molecular complexity index is 1560. The lowest BCUT2D eigenvalue weighted by molar-refractivity contribution is -0.167. The fraction of sp³-hybridized carbons (Fsp3) is 0.704. The molecule has 0 N–H and O–H groups in total. The van der Waals surface area contributed by atoms with Crippen LogP contribution in [0.1, 0.15) is 303 Å². The predicted molar refractivity (Wildman–Crippen MR) is 334 cm³/mol. The fourth-order valence-electron chi connectivity index (χ4n) is 8.88. The third kappa shape index (κ3) is 62.8. The molecule has 0 saturated heterocycles. The van der Waals surface area contributed by atoms with Gasteiger partial charge < -0.3 is 14.2 Å². The molecule has 0 aliphatic carbocycles. The highest BCUT2D eigenvalue weighted by Gasteiger charge is 2.19. The summed E-state index contributed by atoms with van der Waals surface area (Å²) >= 11 is 0. The van der Waals surface area contributed by atoms with Crippen LogP contribution in [0.4, 0.5) is 0 Å². The number of hydrogen-bond donors (Lipinski definition) is 0. The molecule has 0 saturated carbocycles. The third-order valence-corrected chi connectivity index (χ3v) is 13.7. The van der Waals surface area contributed by atoms with Crippen molar-refractivity contribution in [3.05, 3.63) is 109 Å². The second kappa shape index (κ2) is 64.6. The number of unbranched alkanes of at least 4 members (excludes halogenated alkanes) is 29. The van der Waals surface area contributed by atoms with Crippen molar-refractivity contribution in [2.45, 2.75) is 309 Å². The van der Waals surface area contributed by atoms with Gasteiger partial charge in [-0.25, -0.2) is 0 Å². The highest BCUT2D eigenvalue weighted by atomic mass is 16.6. The Morgan fingerprint density at radius 3 is 0.831 bits per heavy atom. The molecule has 0 fully saturated rings. The van der Waals surface area contributed by atoms with Crippen molar-refractivity contribution >= 4 is 17.9 Å². The summed E-state index contributed by atoms with van der Waals surface area (Å²) in [4.78, 5) is 38.3. The maximum absolute atomic E-state index is 12.9. The van der Waals surface area contributed by atoms with Crippen LogP contribution in [-0.4, -0.2) is 37.2 Å². The molecular weight excluding hydrogens is 949 g/mol. The van der Waals surface area contributed by atoms with E-state index < -0.39 is 6.10 Å². The Kier molecular flexibility index (Phi) is 61.3. The lowest BCUT2D eigenvalue weighted by Gasteiger charge is -2.18. The molecule has 0 radical (unpaired) electrons. The number of allylic oxidation sites excluding steroid dienone is 18. The van der Waals surface area contributed by atoms with Gasteiger partial charge in [-0.2, -0.15) is 0 Å². The summed E-state index contributed by atoms with van der Waals surface area (Å²) in [5.41, 5.74) is 0. The predicted octanol–water partition coefficient (Wildman–Crippen LogP) is 22.2. The first-order valence-corrected chi connectivity index (χ1v) is 32.4. The minimum Gasteiger partial charge on any atom is -0.462 e. The molecule has 0 aliphatic rings. The molecule has 0 rings (SSSR count). The third-order valence-electron chi connectivity index (χ3n) is 13.7. The van der Waals surface area contributed by atoms with Gasteiger partial charge in [-0.3, -0.25) is 14.4 Å². The van der Waals surface area contributed by atoms with Crippen molar-refractivity contribution in [2.75, 3.05) is 13.2 Å². The fourth-order valence-corrected chi connectivity index (χ4v) is 8.88. The van der Waals surface area contributed by atoms with Crippen LogP contribution in [0.15, 0.2) is 109 Å². The first-order valence-electron chi connectivity index (χ1n) is 32.4. The second-order valence-electron chi connectivity index (χ2n) is 21.3. The number of rotatable bonds is 58. The smallest absolute Gasteiger partial charge is 0.306 e. The van der Waals surface area contributed by atoms with E-state index >= 15 is 0 Å². The molecule has 77 heavy (non-hydrogen) atoms. The average molecular weight is 1070 g/mol. The minimum atomic E-state index is -0.809. The zero-order valence-corrected chi connectivity index (χ0v) is 50.4. The standard InChI is InChI=1S/C71H120O6/c1-4-7-10-13-16-19-22-25-28-30-32-34-35-37-38-40-43-46-49-52-55-58-61-64-70(73)76-67-68(66-75-69(72)63-60-57-54-51-48-45-42-27-24-21-18-15-12-9-6-3)77-71(74)65-62-59-56-53-50-47-44-41-39-36-33-31-29-26-23-20-17-14-11-8-5-2/h8,11,17,20,22,25-27,29-30,32-33,36,41-42,44,50,53,68H,4-7,9-10,12-16,18-19,21,23-24,28,31,34-35,37-40,43,45-49,51-52,54-67H2,1-3H3/b11-8-,20-17-,25-22-,29-26-,32-30-,36-33-,42-27-,44-41-,53-50-. The Morgan fingerprint density at radius 2 is 0.506 bits per heavy atom. The number of carbonyl (C=O) groups excluding carboxylic acids is 3. The summed E-state index contributed by atoms with van der Waals surface area (Å²) in [6.07, 6.45) is 88.1. The Morgan fingerprint density at radius 1 is 0.273 bits per heavy atom. The van der Waals surface area contributed by atoms with Gasteiger partial charge in [0.2, 0.25) is 0 Å². The first-order chi connectivity index (χ1) is 38.0. The van der Waals surface area contributed by atoms with Crippen molar-refractivity contribution < 1.29 is 28.6 Å². The van der Waals surface area contributed by atoms with Gasteiger partial charge in [0, 0.05) is 19.3 Å². The van der Waals surface area contributed by atoms with Crippen molar-refractivity contribution in [1.29, 1.82) is 0 Å². The Balaban J connectivity index is 4.45. The number of ether oxygens (including phenoxy) is 3. The van der Waals surface area contributed by atoms with Crippen LogP contribution in [0.5, 0.6) is 0 Å². The van der Waals surface area contributed by atoms with Gasteiger partial charge in [-0.05, 0) is 128 Å². The van der Waals surface area contributed by atoms with Crippen LogP contribution >= 0.6 is 0 Å². The molecular formula is C71H120O6. The normalized spacial score (nSPS) is 12.8. The van der Waals surface area contributed by atoms with Crippen LogP contribution in [-0.2, 0) is 28.6 Å². The highest BCUT2D eigenvalue weighted by molar-refractivity contribution is 5.71. The van der Waals surface area contributed by atoms with Gasteiger partial charge in [0.25, 0.3) is 0 Å². The zero-order valence-electron chi connectivity index (χ0n) is 50.4. The molecule has 440 valence electrons. The molecule has 1 unspecified atom stereocenters. The maximum Gasteiger partial charge on any atom is 0.306 e. The minimum absolute atomic E-state index is 0.0998. The van der Waals surface area contributed by atoms with E-state index in [2.05, 4.69) is 130 Å². The SMILES string of the molecule is CC/C=C\C/C=C\C/C=C\C/C=C\C/C=C\C/C=C\CCCCC(=O)OC(COC(=O)CCCCCCC/C=C\CCCCCCCC)COC(=O)CCCCCCCCCCCCC/C=C\C/C=C\CCCCCCC. The molecule has 0 bridgehead atoms. The van der Waals surface area contributed by atoms with E-state index in [0.29, 0.717) is 19.3 Å². The van der Waals surface area contributed by atoms with Crippen LogP contribution < -0.4 is 0 Å². The molecule has 6 nitrogen and oxygen atoms in total. The Labute approximate surface area is 476 Å². The molecule has 0 aromatic rings. The van der Waals surface area contributed by atoms with Crippen LogP contribution in [0, 0.1) is 0 Å². The summed E-state index contributed by atoms with van der Waals surface area (Å²) in [6, 6.07) is 0. The summed E-state index contributed by atoms with van der Waals surface area (Å²) in [6.45, 7) is 6.49. The molecule has 6 heteroatoms. The zero-order chi connectivity index (χ0) is 55.7. The molecule has 0 aromatic carbocycles. The largest absolute Gasteiger partial charge is 0.462 e. The maximum atomic E-state index is 12.9. The summed E-state index contributed by atoms with van der Waals surface area (Å²) in [5.74, 6) is -0.947. The monoisotopic (exact) mass is 1070 g/mol. The summed E-state index contributed by atoms with van der Waals surface area (Å²) in [5, 5.41) is 0. The summed E-state index contributed by atoms with van der Waals surface area (Å²) < 4.78 is 16.9. The van der Waals surface area contributed by atoms with Gasteiger partial charge >= 0.3 is 17.9 Å². The van der Waals surface area contributed by atoms with Crippen molar-refractivity contribution in [3.63, 3.8) is 0 Å². The van der Waals surface area contributed by atoms with Gasteiger partial charge in [-0.15, -0.1) is 0 Å². The van der Waals surface area contributed by atoms with Crippen molar-refractivity contribution in [2.24, 2.45) is 0 Å². The van der Waals surface area contributed by atoms with E-state index in [1.54, 1.807) is 0 Å². The van der Waals surface area contributed by atoms with E-state index in [9.17, 15) is 14.4 Å². The second-order valence-corrected chi connectivity index (χ2v) is 21.3. The molecule has 0 aromatic heterocycles. The van der Waals surface area contributed by atoms with Gasteiger partial charge in [0.1, 0.15) is 13.2 Å². The summed E-state index contributed by atoms with van der Waals surface area (Å²) in [7, 11) is 0. The van der Waals surface area contributed by atoms with Crippen LogP contribution in [0.25, 0.3) is 0 Å². The molecule has 1 atom stereocenters. The van der Waals surface area contributed by atoms with Gasteiger partial charge in [0.05, 0.1) is 0 Å². The van der Waals surface area contributed by atoms with Crippen LogP contribution in [0.3, 0.4) is 0 Å². The number of carbonyl (C=O) groups is 3. The van der Waals surface area contributed by atoms with Crippen LogP contribution in [0.2, 0.25) is 0 Å². The molecule has 0 heterocycles. The molecule has 0 spiro atoms. The number of esters is 3. The molecule has 0 aliphatic heterocycles.